The van der Waals surface area contributed by atoms with Crippen molar-refractivity contribution in [3.8, 4) is 5.69 Å². The summed E-state index contributed by atoms with van der Waals surface area (Å²) in [5.41, 5.74) is 1.96. The summed E-state index contributed by atoms with van der Waals surface area (Å²) in [5, 5.41) is 3.54. The van der Waals surface area contributed by atoms with Crippen molar-refractivity contribution in [3.63, 3.8) is 0 Å². The van der Waals surface area contributed by atoms with Gasteiger partial charge in [0.2, 0.25) is 0 Å². The average molecular weight is 414 g/mol. The Morgan fingerprint density at radius 3 is 2.26 bits per heavy atom. The Bertz CT molecular complexity index is 1470. The fraction of sp³-hybridized carbons (Fsp3) is 0.208. The van der Waals surface area contributed by atoms with Gasteiger partial charge in [0, 0.05) is 24.8 Å². The third-order valence-corrected chi connectivity index (χ3v) is 5.71. The molecule has 2 aromatic carbocycles. The second-order valence-electron chi connectivity index (χ2n) is 8.00. The van der Waals surface area contributed by atoms with E-state index in [-0.39, 0.29) is 11.6 Å². The molecular weight excluding hydrogens is 392 g/mol. The molecule has 0 spiro atoms. The molecule has 2 aromatic heterocycles. The van der Waals surface area contributed by atoms with Gasteiger partial charge in [0.05, 0.1) is 11.4 Å². The third kappa shape index (κ3) is 3.18. The molecule has 0 amide bonds. The van der Waals surface area contributed by atoms with Gasteiger partial charge in [-0.05, 0) is 44.0 Å². The van der Waals surface area contributed by atoms with Crippen molar-refractivity contribution in [3.05, 3.63) is 97.4 Å². The van der Waals surface area contributed by atoms with Gasteiger partial charge in [-0.3, -0.25) is 18.7 Å². The summed E-state index contributed by atoms with van der Waals surface area (Å²) in [4.78, 5) is 39.9. The predicted molar refractivity (Wildman–Crippen MR) is 122 cm³/mol. The Kier molecular flexibility index (Phi) is 4.39. The number of nitrogens with zero attached hydrogens (tertiary/aromatic N) is 3. The van der Waals surface area contributed by atoms with Crippen molar-refractivity contribution < 1.29 is 0 Å². The first-order valence-electron chi connectivity index (χ1n) is 10.3. The first kappa shape index (κ1) is 19.1. The summed E-state index contributed by atoms with van der Waals surface area (Å²) in [7, 11) is 1.60. The number of hydrogen-bond acceptors (Lipinski definition) is 4. The van der Waals surface area contributed by atoms with E-state index in [1.807, 2.05) is 37.3 Å². The Labute approximate surface area is 177 Å². The molecule has 0 aliphatic heterocycles. The lowest BCUT2D eigenvalue weighted by Crippen LogP contribution is -2.41. The first-order valence-corrected chi connectivity index (χ1v) is 10.3. The minimum Gasteiger partial charge on any atom is -0.355 e. The smallest absolute Gasteiger partial charge is 0.337 e. The number of anilines is 2. The molecule has 0 radical (unpaired) electrons. The van der Waals surface area contributed by atoms with E-state index in [4.69, 9.17) is 0 Å². The van der Waals surface area contributed by atoms with E-state index in [0.29, 0.717) is 22.4 Å². The number of aromatic nitrogens is 3. The van der Waals surface area contributed by atoms with Gasteiger partial charge in [0.15, 0.2) is 0 Å². The molecule has 0 saturated heterocycles. The van der Waals surface area contributed by atoms with Crippen molar-refractivity contribution in [2.75, 3.05) is 5.32 Å². The van der Waals surface area contributed by atoms with Crippen molar-refractivity contribution in [2.24, 2.45) is 7.05 Å². The quantitative estimate of drug-likeness (QED) is 0.556. The molecule has 31 heavy (non-hydrogen) atoms. The molecule has 1 N–H and O–H groups in total. The highest BCUT2D eigenvalue weighted by atomic mass is 16.2. The molecule has 1 saturated carbocycles. The molecule has 1 aliphatic carbocycles. The number of fused-ring (bicyclic) bond motifs is 1. The Morgan fingerprint density at radius 1 is 0.935 bits per heavy atom. The van der Waals surface area contributed by atoms with Crippen LogP contribution in [-0.2, 0) is 7.05 Å². The number of hydrogen-bond donors (Lipinski definition) is 1. The minimum absolute atomic E-state index is 0.0224. The van der Waals surface area contributed by atoms with Crippen LogP contribution in [0.25, 0.3) is 16.7 Å². The van der Waals surface area contributed by atoms with Crippen LogP contribution in [0.3, 0.4) is 0 Å². The second kappa shape index (κ2) is 7.12. The molecule has 0 bridgehead atoms. The van der Waals surface area contributed by atoms with Gasteiger partial charge >= 0.3 is 5.69 Å². The lowest BCUT2D eigenvalue weighted by atomic mass is 10.2. The Morgan fingerprint density at radius 2 is 1.61 bits per heavy atom. The standard InChI is InChI=1S/C24H22N4O3/c1-15-8-10-16(11-9-15)25-19-14-20(29)26(2)22-21(19)23(30)28(17-6-4-3-5-7-17)24(31)27(22)18-12-13-18/h3-11,14,18,25H,12-13H2,1-2H3. The van der Waals surface area contributed by atoms with Crippen molar-refractivity contribution in [1.29, 1.82) is 0 Å². The summed E-state index contributed by atoms with van der Waals surface area (Å²) in [5.74, 6) is 0. The van der Waals surface area contributed by atoms with Gasteiger partial charge in [-0.25, -0.2) is 9.36 Å². The Balaban J connectivity index is 1.89. The minimum atomic E-state index is -0.451. The summed E-state index contributed by atoms with van der Waals surface area (Å²) < 4.78 is 4.20. The zero-order valence-corrected chi connectivity index (χ0v) is 17.3. The molecule has 0 atom stereocenters. The van der Waals surface area contributed by atoms with Gasteiger partial charge in [0.25, 0.3) is 11.1 Å². The van der Waals surface area contributed by atoms with Gasteiger partial charge in [-0.1, -0.05) is 35.9 Å². The highest BCUT2D eigenvalue weighted by Gasteiger charge is 2.31. The van der Waals surface area contributed by atoms with E-state index in [0.717, 1.165) is 24.1 Å². The summed E-state index contributed by atoms with van der Waals surface area (Å²) in [6.45, 7) is 1.99. The Hall–Kier alpha value is -3.87. The van der Waals surface area contributed by atoms with Gasteiger partial charge < -0.3 is 5.32 Å². The molecule has 1 aliphatic rings. The average Bonchev–Trinajstić information content (AvgIpc) is 3.59. The molecule has 5 rings (SSSR count). The van der Waals surface area contributed by atoms with Crippen LogP contribution in [0.2, 0.25) is 0 Å². The second-order valence-corrected chi connectivity index (χ2v) is 8.00. The zero-order chi connectivity index (χ0) is 21.7. The van der Waals surface area contributed by atoms with Gasteiger partial charge in [0.1, 0.15) is 11.0 Å². The van der Waals surface area contributed by atoms with Crippen molar-refractivity contribution >= 4 is 22.4 Å². The van der Waals surface area contributed by atoms with E-state index >= 15 is 0 Å². The monoisotopic (exact) mass is 414 g/mol. The lowest BCUT2D eigenvalue weighted by molar-refractivity contribution is 0.650. The number of nitrogens with one attached hydrogen (secondary N) is 1. The highest BCUT2D eigenvalue weighted by molar-refractivity contribution is 5.91. The van der Waals surface area contributed by atoms with Crippen LogP contribution < -0.4 is 22.1 Å². The van der Waals surface area contributed by atoms with Crippen LogP contribution in [0.5, 0.6) is 0 Å². The van der Waals surface area contributed by atoms with Gasteiger partial charge in [-0.2, -0.15) is 0 Å². The van der Waals surface area contributed by atoms with E-state index in [1.165, 1.54) is 15.2 Å². The number of para-hydroxylation sites is 1. The van der Waals surface area contributed by atoms with E-state index in [2.05, 4.69) is 5.32 Å². The first-order chi connectivity index (χ1) is 15.0. The normalized spacial score (nSPS) is 13.5. The third-order valence-electron chi connectivity index (χ3n) is 5.71. The summed E-state index contributed by atoms with van der Waals surface area (Å²) in [6.07, 6.45) is 1.68. The number of rotatable bonds is 4. The molecule has 0 unspecified atom stereocenters. The molecule has 4 aromatic rings. The number of benzene rings is 2. The van der Waals surface area contributed by atoms with Crippen molar-refractivity contribution in [1.82, 2.24) is 13.7 Å². The van der Waals surface area contributed by atoms with Crippen LogP contribution in [0, 0.1) is 6.92 Å². The highest BCUT2D eigenvalue weighted by Crippen LogP contribution is 2.36. The number of aryl methyl sites for hydroxylation is 2. The van der Waals surface area contributed by atoms with Crippen LogP contribution in [-0.4, -0.2) is 13.7 Å². The summed E-state index contributed by atoms with van der Waals surface area (Å²) >= 11 is 0. The molecule has 7 heteroatoms. The lowest BCUT2D eigenvalue weighted by Gasteiger charge is -2.18. The fourth-order valence-electron chi connectivity index (χ4n) is 3.93. The van der Waals surface area contributed by atoms with Crippen LogP contribution in [0.4, 0.5) is 11.4 Å². The van der Waals surface area contributed by atoms with Crippen LogP contribution in [0.1, 0.15) is 24.4 Å². The van der Waals surface area contributed by atoms with E-state index in [1.54, 1.807) is 35.9 Å². The van der Waals surface area contributed by atoms with Gasteiger partial charge in [-0.15, -0.1) is 0 Å². The van der Waals surface area contributed by atoms with Crippen LogP contribution >= 0.6 is 0 Å². The molecule has 156 valence electrons. The SMILES string of the molecule is Cc1ccc(Nc2cc(=O)n(C)c3c2c(=O)n(-c2ccccc2)c(=O)n3C2CC2)cc1. The largest absolute Gasteiger partial charge is 0.355 e. The van der Waals surface area contributed by atoms with E-state index in [9.17, 15) is 14.4 Å². The molecule has 1 fully saturated rings. The number of pyridine rings is 1. The molecule has 7 nitrogen and oxygen atoms in total. The van der Waals surface area contributed by atoms with Crippen molar-refractivity contribution in [2.45, 2.75) is 25.8 Å². The maximum Gasteiger partial charge on any atom is 0.337 e. The van der Waals surface area contributed by atoms with Crippen LogP contribution in [0.15, 0.2) is 75.0 Å². The maximum atomic E-state index is 13.7. The molecule has 2 heterocycles. The fourth-order valence-corrected chi connectivity index (χ4v) is 3.93. The summed E-state index contributed by atoms with van der Waals surface area (Å²) in [6, 6.07) is 18.0. The van der Waals surface area contributed by atoms with E-state index < -0.39 is 11.2 Å². The maximum absolute atomic E-state index is 13.7. The topological polar surface area (TPSA) is 78.0 Å². The predicted octanol–water partition coefficient (Wildman–Crippen LogP) is 3.24. The molecular formula is C24H22N4O3. The zero-order valence-electron chi connectivity index (χ0n) is 17.3.